The van der Waals surface area contributed by atoms with Gasteiger partial charge in [0.2, 0.25) is 0 Å². The number of fused-ring (bicyclic) bond motifs is 6. The molecule has 0 fully saturated rings. The first kappa shape index (κ1) is 28.6. The van der Waals surface area contributed by atoms with Gasteiger partial charge in [-0.3, -0.25) is 0 Å². The molecule has 0 N–H and O–H groups in total. The van der Waals surface area contributed by atoms with Crippen LogP contribution >= 0.6 is 0 Å². The van der Waals surface area contributed by atoms with Gasteiger partial charge in [0.25, 0.3) is 0 Å². The molecule has 230 valence electrons. The second kappa shape index (κ2) is 11.0. The Balaban J connectivity index is 1.35. The van der Waals surface area contributed by atoms with E-state index in [1.807, 2.05) is 30.3 Å². The van der Waals surface area contributed by atoms with E-state index in [2.05, 4.69) is 156 Å². The van der Waals surface area contributed by atoms with E-state index in [1.54, 1.807) is 0 Å². The lowest BCUT2D eigenvalue weighted by Gasteiger charge is -2.41. The van der Waals surface area contributed by atoms with Crippen LogP contribution in [-0.2, 0) is 5.41 Å². The van der Waals surface area contributed by atoms with Crippen LogP contribution in [-0.4, -0.2) is 9.13 Å². The summed E-state index contributed by atoms with van der Waals surface area (Å²) in [6.45, 7) is 2.33. The van der Waals surface area contributed by atoms with E-state index in [0.29, 0.717) is 11.1 Å². The summed E-state index contributed by atoms with van der Waals surface area (Å²) in [7, 11) is 0. The van der Waals surface area contributed by atoms with Gasteiger partial charge in [0, 0.05) is 38.6 Å². The molecule has 8 aromatic rings. The quantitative estimate of drug-likeness (QED) is 0.195. The van der Waals surface area contributed by atoms with Gasteiger partial charge in [-0.25, -0.2) is 0 Å². The van der Waals surface area contributed by atoms with Crippen molar-refractivity contribution in [2.75, 3.05) is 0 Å². The molecule has 0 saturated carbocycles. The SMILES string of the molecule is CC1(c2ccccc2-n2c3ccccc3c3ccccc32)C=CC=C(n2c3ccccc3c3cc(C#N)ccc32)C1c1cccc(C#N)c1. The third-order valence-electron chi connectivity index (χ3n) is 10.3. The van der Waals surface area contributed by atoms with Crippen molar-refractivity contribution in [3.05, 3.63) is 180 Å². The molecule has 0 radical (unpaired) electrons. The highest BCUT2D eigenvalue weighted by atomic mass is 15.0. The molecule has 4 nitrogen and oxygen atoms in total. The summed E-state index contributed by atoms with van der Waals surface area (Å²) in [5.74, 6) is -0.172. The largest absolute Gasteiger partial charge is 0.312 e. The van der Waals surface area contributed by atoms with E-state index in [4.69, 9.17) is 0 Å². The Morgan fingerprint density at radius 2 is 1.12 bits per heavy atom. The Hall–Kier alpha value is -6.62. The first-order chi connectivity index (χ1) is 24.1. The minimum atomic E-state index is -0.536. The zero-order valence-electron chi connectivity index (χ0n) is 26.9. The maximum Gasteiger partial charge on any atom is 0.0991 e. The summed E-state index contributed by atoms with van der Waals surface area (Å²) in [4.78, 5) is 0. The second-order valence-corrected chi connectivity index (χ2v) is 13.0. The van der Waals surface area contributed by atoms with Crippen molar-refractivity contribution in [3.63, 3.8) is 0 Å². The summed E-state index contributed by atoms with van der Waals surface area (Å²) in [6, 6.07) is 53.2. The molecule has 0 saturated heterocycles. The number of nitrogens with zero attached hydrogens (tertiary/aromatic N) is 4. The fraction of sp³-hybridized carbons (Fsp3) is 0.0667. The lowest BCUT2D eigenvalue weighted by molar-refractivity contribution is 0.523. The van der Waals surface area contributed by atoms with E-state index < -0.39 is 5.41 Å². The van der Waals surface area contributed by atoms with Gasteiger partial charge in [-0.15, -0.1) is 0 Å². The summed E-state index contributed by atoms with van der Waals surface area (Å²) in [5, 5.41) is 24.4. The number of hydrogen-bond donors (Lipinski definition) is 0. The van der Waals surface area contributed by atoms with Crippen LogP contribution in [0.4, 0.5) is 0 Å². The molecular formula is C45H30N4. The molecule has 0 amide bonds. The molecule has 49 heavy (non-hydrogen) atoms. The molecule has 9 rings (SSSR count). The predicted octanol–water partition coefficient (Wildman–Crippen LogP) is 10.8. The van der Waals surface area contributed by atoms with Crippen molar-refractivity contribution in [2.45, 2.75) is 18.3 Å². The van der Waals surface area contributed by atoms with Gasteiger partial charge in [-0.05, 0) is 71.8 Å². The van der Waals surface area contributed by atoms with Gasteiger partial charge in [-0.2, -0.15) is 10.5 Å². The minimum absolute atomic E-state index is 0.172. The van der Waals surface area contributed by atoms with Crippen LogP contribution < -0.4 is 0 Å². The summed E-state index contributed by atoms with van der Waals surface area (Å²) in [6.07, 6.45) is 6.74. The summed E-state index contributed by atoms with van der Waals surface area (Å²) < 4.78 is 4.77. The Kier molecular flexibility index (Phi) is 6.41. The number of hydrogen-bond acceptors (Lipinski definition) is 2. The molecule has 0 bridgehead atoms. The topological polar surface area (TPSA) is 57.4 Å². The van der Waals surface area contributed by atoms with Crippen LogP contribution in [0.5, 0.6) is 0 Å². The number of rotatable bonds is 4. The van der Waals surface area contributed by atoms with Crippen LogP contribution in [0.1, 0.15) is 35.1 Å². The Labute approximate surface area is 284 Å². The molecule has 2 atom stereocenters. The maximum absolute atomic E-state index is 10.0. The molecule has 0 spiro atoms. The van der Waals surface area contributed by atoms with Crippen LogP contribution in [0.3, 0.4) is 0 Å². The van der Waals surface area contributed by atoms with E-state index in [-0.39, 0.29) is 5.92 Å². The highest BCUT2D eigenvalue weighted by Gasteiger charge is 2.42. The highest BCUT2D eigenvalue weighted by Crippen LogP contribution is 2.52. The number of nitriles is 2. The van der Waals surface area contributed by atoms with Gasteiger partial charge in [0.05, 0.1) is 51.0 Å². The smallest absolute Gasteiger partial charge is 0.0991 e. The normalized spacial score (nSPS) is 17.4. The first-order valence-electron chi connectivity index (χ1n) is 16.5. The molecule has 2 heterocycles. The van der Waals surface area contributed by atoms with Gasteiger partial charge in [-0.1, -0.05) is 104 Å². The minimum Gasteiger partial charge on any atom is -0.312 e. The third-order valence-corrected chi connectivity index (χ3v) is 10.3. The molecule has 1 aliphatic rings. The zero-order chi connectivity index (χ0) is 33.1. The fourth-order valence-corrected chi connectivity index (χ4v) is 8.23. The fourth-order valence-electron chi connectivity index (χ4n) is 8.23. The third kappa shape index (κ3) is 4.22. The molecule has 2 aromatic heterocycles. The van der Waals surface area contributed by atoms with Gasteiger partial charge < -0.3 is 9.13 Å². The lowest BCUT2D eigenvalue weighted by Crippen LogP contribution is -2.33. The zero-order valence-corrected chi connectivity index (χ0v) is 26.9. The van der Waals surface area contributed by atoms with E-state index in [9.17, 15) is 10.5 Å². The van der Waals surface area contributed by atoms with Crippen LogP contribution in [0.15, 0.2) is 158 Å². The second-order valence-electron chi connectivity index (χ2n) is 13.0. The lowest BCUT2D eigenvalue weighted by atomic mass is 9.65. The van der Waals surface area contributed by atoms with Gasteiger partial charge in [0.15, 0.2) is 0 Å². The van der Waals surface area contributed by atoms with Crippen molar-refractivity contribution >= 4 is 49.3 Å². The average molecular weight is 627 g/mol. The number of para-hydroxylation sites is 4. The average Bonchev–Trinajstić information content (AvgIpc) is 3.67. The maximum atomic E-state index is 10.0. The van der Waals surface area contributed by atoms with Crippen LogP contribution in [0, 0.1) is 22.7 Å². The van der Waals surface area contributed by atoms with Crippen molar-refractivity contribution < 1.29 is 0 Å². The van der Waals surface area contributed by atoms with Crippen molar-refractivity contribution in [2.24, 2.45) is 0 Å². The van der Waals surface area contributed by atoms with Crippen LogP contribution in [0.2, 0.25) is 0 Å². The molecule has 6 aromatic carbocycles. The van der Waals surface area contributed by atoms with E-state index in [1.165, 1.54) is 16.3 Å². The molecule has 0 aliphatic heterocycles. The monoisotopic (exact) mass is 626 g/mol. The van der Waals surface area contributed by atoms with Crippen molar-refractivity contribution in [3.8, 4) is 17.8 Å². The molecule has 2 unspecified atom stereocenters. The van der Waals surface area contributed by atoms with Gasteiger partial charge in [0.1, 0.15) is 0 Å². The summed E-state index contributed by atoms with van der Waals surface area (Å²) in [5.41, 5.74) is 9.64. The molecule has 4 heteroatoms. The predicted molar refractivity (Wildman–Crippen MR) is 200 cm³/mol. The summed E-state index contributed by atoms with van der Waals surface area (Å²) >= 11 is 0. The Bertz CT molecular complexity index is 2720. The van der Waals surface area contributed by atoms with Gasteiger partial charge >= 0.3 is 0 Å². The number of aromatic nitrogens is 2. The van der Waals surface area contributed by atoms with Crippen molar-refractivity contribution in [1.82, 2.24) is 9.13 Å². The van der Waals surface area contributed by atoms with Crippen LogP contribution in [0.25, 0.3) is 55.0 Å². The van der Waals surface area contributed by atoms with E-state index in [0.717, 1.165) is 49.8 Å². The molecule has 1 aliphatic carbocycles. The highest BCUT2D eigenvalue weighted by molar-refractivity contribution is 6.11. The van der Waals surface area contributed by atoms with E-state index >= 15 is 0 Å². The molecular weight excluding hydrogens is 597 g/mol. The number of benzene rings is 6. The van der Waals surface area contributed by atoms with Crippen molar-refractivity contribution in [1.29, 1.82) is 10.5 Å². The first-order valence-corrected chi connectivity index (χ1v) is 16.5. The Morgan fingerprint density at radius 1 is 0.551 bits per heavy atom. The number of allylic oxidation sites excluding steroid dienone is 4. The standard InChI is InChI=1S/C45H30N4/c1-45(37-17-5-9-21-42(37)48-38-18-6-2-14-33(38)34-15-3-7-19-39(34)48)25-11-22-43(44(45)32-13-10-12-30(26-32)28-46)49-40-20-8-4-16-35(40)36-27-31(29-47)23-24-41(36)49/h2-27,44H,1H3. The Morgan fingerprint density at radius 3 is 1.82 bits per heavy atom.